The number of rotatable bonds is 7. The smallest absolute Gasteiger partial charge is 0.258 e. The summed E-state index contributed by atoms with van der Waals surface area (Å²) in [6.07, 6.45) is 0. The van der Waals surface area contributed by atoms with Crippen molar-refractivity contribution in [2.24, 2.45) is 0 Å². The Balaban J connectivity index is 1.47. The molecule has 0 aliphatic rings. The van der Waals surface area contributed by atoms with Gasteiger partial charge in [0.2, 0.25) is 0 Å². The average Bonchev–Trinajstić information content (AvgIpc) is 2.67. The number of halogens is 1. The molecule has 0 saturated carbocycles. The molecule has 4 nitrogen and oxygen atoms in total. The molecule has 0 spiro atoms. The van der Waals surface area contributed by atoms with E-state index >= 15 is 0 Å². The first-order valence-corrected chi connectivity index (χ1v) is 8.19. The van der Waals surface area contributed by atoms with E-state index < -0.39 is 11.7 Å². The number of carbonyl (C=O) groups is 1. The van der Waals surface area contributed by atoms with Crippen molar-refractivity contribution in [2.75, 3.05) is 18.5 Å². The second-order valence-corrected chi connectivity index (χ2v) is 5.47. The largest absolute Gasteiger partial charge is 0.490 e. The number of para-hydroxylation sites is 1. The number of benzene rings is 3. The minimum absolute atomic E-state index is 0.00545. The van der Waals surface area contributed by atoms with E-state index in [1.165, 1.54) is 12.1 Å². The van der Waals surface area contributed by atoms with Gasteiger partial charge in [-0.15, -0.1) is 0 Å². The van der Waals surface area contributed by atoms with Crippen LogP contribution < -0.4 is 14.8 Å². The number of amides is 1. The summed E-state index contributed by atoms with van der Waals surface area (Å²) in [4.78, 5) is 12.1. The lowest BCUT2D eigenvalue weighted by Gasteiger charge is -2.10. The van der Waals surface area contributed by atoms with Gasteiger partial charge >= 0.3 is 0 Å². The van der Waals surface area contributed by atoms with Crippen molar-refractivity contribution in [2.45, 2.75) is 0 Å². The zero-order chi connectivity index (χ0) is 18.2. The predicted octanol–water partition coefficient (Wildman–Crippen LogP) is 4.54. The molecule has 132 valence electrons. The van der Waals surface area contributed by atoms with E-state index in [1.54, 1.807) is 36.4 Å². The molecule has 0 bridgehead atoms. The summed E-state index contributed by atoms with van der Waals surface area (Å²) in [5, 5.41) is 2.66. The number of nitrogens with one attached hydrogen (secondary N) is 1. The van der Waals surface area contributed by atoms with Crippen LogP contribution in [0.25, 0.3) is 0 Å². The highest BCUT2D eigenvalue weighted by atomic mass is 19.1. The van der Waals surface area contributed by atoms with Crippen molar-refractivity contribution in [1.82, 2.24) is 0 Å². The van der Waals surface area contributed by atoms with Gasteiger partial charge in [-0.05, 0) is 48.5 Å². The fourth-order valence-corrected chi connectivity index (χ4v) is 2.31. The van der Waals surface area contributed by atoms with Crippen LogP contribution in [-0.4, -0.2) is 19.1 Å². The molecule has 0 aliphatic heterocycles. The Labute approximate surface area is 151 Å². The fraction of sp³-hybridized carbons (Fsp3) is 0.0952. The maximum absolute atomic E-state index is 13.6. The van der Waals surface area contributed by atoms with Crippen molar-refractivity contribution in [3.05, 3.63) is 90.2 Å². The summed E-state index contributed by atoms with van der Waals surface area (Å²) in [5.74, 6) is 0.407. The van der Waals surface area contributed by atoms with Gasteiger partial charge < -0.3 is 14.8 Å². The Kier molecular flexibility index (Phi) is 5.83. The molecule has 0 aliphatic carbocycles. The molecule has 26 heavy (non-hydrogen) atoms. The number of hydrogen-bond acceptors (Lipinski definition) is 3. The highest BCUT2D eigenvalue weighted by Gasteiger charge is 2.10. The zero-order valence-corrected chi connectivity index (χ0v) is 14.0. The molecule has 5 heteroatoms. The van der Waals surface area contributed by atoms with E-state index in [4.69, 9.17) is 9.47 Å². The Hall–Kier alpha value is -3.34. The van der Waals surface area contributed by atoms with Gasteiger partial charge in [0, 0.05) is 5.69 Å². The molecular formula is C21H18FNO3. The van der Waals surface area contributed by atoms with Gasteiger partial charge in [-0.25, -0.2) is 4.39 Å². The quantitative estimate of drug-likeness (QED) is 0.636. The van der Waals surface area contributed by atoms with Gasteiger partial charge in [0.15, 0.2) is 0 Å². The normalized spacial score (nSPS) is 10.2. The zero-order valence-electron chi connectivity index (χ0n) is 14.0. The van der Waals surface area contributed by atoms with Gasteiger partial charge in [0.25, 0.3) is 5.91 Å². The van der Waals surface area contributed by atoms with Crippen molar-refractivity contribution >= 4 is 11.6 Å². The van der Waals surface area contributed by atoms with Crippen molar-refractivity contribution in [1.29, 1.82) is 0 Å². The SMILES string of the molecule is O=C(Nc1ccc(OCCOc2ccccc2)cc1)c1ccccc1F. The van der Waals surface area contributed by atoms with Crippen molar-refractivity contribution in [3.63, 3.8) is 0 Å². The minimum Gasteiger partial charge on any atom is -0.490 e. The lowest BCUT2D eigenvalue weighted by molar-refractivity contribution is 0.102. The van der Waals surface area contributed by atoms with Crippen LogP contribution in [0.15, 0.2) is 78.9 Å². The van der Waals surface area contributed by atoms with Gasteiger partial charge in [-0.1, -0.05) is 30.3 Å². The highest BCUT2D eigenvalue weighted by molar-refractivity contribution is 6.04. The van der Waals surface area contributed by atoms with Gasteiger partial charge in [-0.3, -0.25) is 4.79 Å². The number of anilines is 1. The fourth-order valence-electron chi connectivity index (χ4n) is 2.31. The molecule has 1 N–H and O–H groups in total. The van der Waals surface area contributed by atoms with E-state index in [1.807, 2.05) is 30.3 Å². The molecule has 0 fully saturated rings. The first-order chi connectivity index (χ1) is 12.7. The van der Waals surface area contributed by atoms with Crippen LogP contribution in [0.5, 0.6) is 11.5 Å². The lowest BCUT2D eigenvalue weighted by atomic mass is 10.2. The van der Waals surface area contributed by atoms with Crippen molar-refractivity contribution < 1.29 is 18.7 Å². The molecular weight excluding hydrogens is 333 g/mol. The molecule has 1 amide bonds. The van der Waals surface area contributed by atoms with E-state index in [0.717, 1.165) is 5.75 Å². The van der Waals surface area contributed by atoms with Crippen LogP contribution in [0.2, 0.25) is 0 Å². The standard InChI is InChI=1S/C21H18FNO3/c22-20-9-5-4-8-19(20)21(24)23-16-10-12-18(13-11-16)26-15-14-25-17-6-2-1-3-7-17/h1-13H,14-15H2,(H,23,24). The number of ether oxygens (including phenoxy) is 2. The Morgan fingerprint density at radius 3 is 2.00 bits per heavy atom. The molecule has 0 aromatic heterocycles. The second kappa shape index (κ2) is 8.67. The Bertz CT molecular complexity index is 851. The summed E-state index contributed by atoms with van der Waals surface area (Å²) in [6, 6.07) is 22.2. The van der Waals surface area contributed by atoms with Crippen LogP contribution in [0, 0.1) is 5.82 Å². The van der Waals surface area contributed by atoms with E-state index in [-0.39, 0.29) is 5.56 Å². The third-order valence-electron chi connectivity index (χ3n) is 3.59. The lowest BCUT2D eigenvalue weighted by Crippen LogP contribution is -2.13. The van der Waals surface area contributed by atoms with Crippen LogP contribution in [0.3, 0.4) is 0 Å². The van der Waals surface area contributed by atoms with E-state index in [0.29, 0.717) is 24.7 Å². The van der Waals surface area contributed by atoms with Crippen LogP contribution in [-0.2, 0) is 0 Å². The molecule has 0 atom stereocenters. The maximum atomic E-state index is 13.6. The molecule has 0 unspecified atom stereocenters. The monoisotopic (exact) mass is 351 g/mol. The Morgan fingerprint density at radius 1 is 0.769 bits per heavy atom. The summed E-state index contributed by atoms with van der Waals surface area (Å²) >= 11 is 0. The molecule has 3 aromatic rings. The summed E-state index contributed by atoms with van der Waals surface area (Å²) in [5.41, 5.74) is 0.567. The molecule has 0 saturated heterocycles. The van der Waals surface area contributed by atoms with Crippen LogP contribution >= 0.6 is 0 Å². The van der Waals surface area contributed by atoms with Crippen LogP contribution in [0.1, 0.15) is 10.4 Å². The third kappa shape index (κ3) is 4.83. The second-order valence-electron chi connectivity index (χ2n) is 5.47. The first kappa shape index (κ1) is 17.5. The molecule has 3 aromatic carbocycles. The van der Waals surface area contributed by atoms with Crippen molar-refractivity contribution in [3.8, 4) is 11.5 Å². The van der Waals surface area contributed by atoms with Gasteiger partial charge in [0.1, 0.15) is 30.5 Å². The highest BCUT2D eigenvalue weighted by Crippen LogP contribution is 2.17. The number of hydrogen-bond donors (Lipinski definition) is 1. The third-order valence-corrected chi connectivity index (χ3v) is 3.59. The topological polar surface area (TPSA) is 47.6 Å². The molecule has 0 heterocycles. The Morgan fingerprint density at radius 2 is 1.35 bits per heavy atom. The maximum Gasteiger partial charge on any atom is 0.258 e. The number of carbonyl (C=O) groups excluding carboxylic acids is 1. The summed E-state index contributed by atoms with van der Waals surface area (Å²) in [7, 11) is 0. The van der Waals surface area contributed by atoms with Crippen LogP contribution in [0.4, 0.5) is 10.1 Å². The van der Waals surface area contributed by atoms with E-state index in [9.17, 15) is 9.18 Å². The first-order valence-electron chi connectivity index (χ1n) is 8.19. The average molecular weight is 351 g/mol. The minimum atomic E-state index is -0.552. The predicted molar refractivity (Wildman–Crippen MR) is 98.2 cm³/mol. The molecule has 3 rings (SSSR count). The van der Waals surface area contributed by atoms with Gasteiger partial charge in [-0.2, -0.15) is 0 Å². The summed E-state index contributed by atoms with van der Waals surface area (Å²) < 4.78 is 24.8. The molecule has 0 radical (unpaired) electrons. The summed E-state index contributed by atoms with van der Waals surface area (Å²) in [6.45, 7) is 0.825. The van der Waals surface area contributed by atoms with E-state index in [2.05, 4.69) is 5.32 Å². The van der Waals surface area contributed by atoms with Gasteiger partial charge in [0.05, 0.1) is 5.56 Å².